The fourth-order valence-electron chi connectivity index (χ4n) is 5.69. The number of rotatable bonds is 2. The number of piperidine rings is 1. The molecule has 1 aromatic carbocycles. The molecule has 156 valence electrons. The Kier molecular flexibility index (Phi) is 4.97. The van der Waals surface area contributed by atoms with Crippen LogP contribution in [0.4, 0.5) is 0 Å². The first-order valence-corrected chi connectivity index (χ1v) is 11.3. The molecule has 0 radical (unpaired) electrons. The number of carbonyl (C=O) groups is 1. The average Bonchev–Trinajstić information content (AvgIpc) is 3.00. The van der Waals surface area contributed by atoms with Crippen molar-refractivity contribution in [3.63, 3.8) is 0 Å². The summed E-state index contributed by atoms with van der Waals surface area (Å²) in [5.74, 6) is 0.138. The van der Waals surface area contributed by atoms with E-state index in [1.165, 1.54) is 22.0 Å². The number of nitrogens with zero attached hydrogens (tertiary/aromatic N) is 3. The number of aliphatic hydroxyl groups is 1. The summed E-state index contributed by atoms with van der Waals surface area (Å²) in [6, 6.07) is 6.94. The Hall–Kier alpha value is -1.41. The third-order valence-electron chi connectivity index (χ3n) is 7.23. The van der Waals surface area contributed by atoms with Gasteiger partial charge in [-0.3, -0.25) is 4.79 Å². The summed E-state index contributed by atoms with van der Waals surface area (Å²) in [6.45, 7) is 3.01. The molecule has 2 unspecified atom stereocenters. The van der Waals surface area contributed by atoms with Gasteiger partial charge in [0, 0.05) is 55.5 Å². The number of benzene rings is 1. The van der Waals surface area contributed by atoms with E-state index in [4.69, 9.17) is 4.74 Å². The highest BCUT2D eigenvalue weighted by atomic mass is 79.9. The number of fused-ring (bicyclic) bond motifs is 2. The van der Waals surface area contributed by atoms with Crippen LogP contribution in [-0.2, 0) is 23.0 Å². The second-order valence-corrected chi connectivity index (χ2v) is 9.52. The van der Waals surface area contributed by atoms with Crippen LogP contribution in [0, 0.1) is 5.92 Å². The van der Waals surface area contributed by atoms with E-state index in [1.807, 2.05) is 0 Å². The number of hydrogen-bond acceptors (Lipinski definition) is 4. The highest BCUT2D eigenvalue weighted by Crippen LogP contribution is 2.47. The Labute approximate surface area is 179 Å². The fraction of sp³-hybridized carbons (Fsp3) is 0.591. The maximum Gasteiger partial charge on any atom is 0.251 e. The fourth-order valence-corrected chi connectivity index (χ4v) is 6.24. The van der Waals surface area contributed by atoms with E-state index in [1.54, 1.807) is 4.90 Å². The van der Waals surface area contributed by atoms with Crippen LogP contribution in [0.1, 0.15) is 23.5 Å². The van der Waals surface area contributed by atoms with Crippen molar-refractivity contribution in [1.82, 2.24) is 14.4 Å². The van der Waals surface area contributed by atoms with Gasteiger partial charge in [-0.2, -0.15) is 0 Å². The van der Waals surface area contributed by atoms with E-state index < -0.39 is 6.10 Å². The van der Waals surface area contributed by atoms with E-state index in [0.29, 0.717) is 38.3 Å². The molecule has 5 rings (SSSR count). The molecule has 1 aromatic heterocycles. The van der Waals surface area contributed by atoms with Gasteiger partial charge in [-0.05, 0) is 53.0 Å². The van der Waals surface area contributed by atoms with Crippen molar-refractivity contribution in [2.75, 3.05) is 39.9 Å². The lowest BCUT2D eigenvalue weighted by atomic mass is 9.71. The molecule has 2 saturated heterocycles. The molecule has 0 saturated carbocycles. The molecule has 3 heterocycles. The van der Waals surface area contributed by atoms with Gasteiger partial charge < -0.3 is 24.2 Å². The van der Waals surface area contributed by atoms with Gasteiger partial charge in [-0.25, -0.2) is 0 Å². The van der Waals surface area contributed by atoms with Crippen molar-refractivity contribution in [1.29, 1.82) is 0 Å². The Morgan fingerprint density at radius 1 is 1.28 bits per heavy atom. The number of likely N-dealkylation sites (N-methyl/N-ethyl adjacent to an activating group) is 1. The predicted octanol–water partition coefficient (Wildman–Crippen LogP) is 2.12. The van der Waals surface area contributed by atoms with Crippen LogP contribution in [0.2, 0.25) is 0 Å². The topological polar surface area (TPSA) is 57.9 Å². The molecule has 29 heavy (non-hydrogen) atoms. The molecular formula is C22H28BrN3O3. The van der Waals surface area contributed by atoms with Crippen molar-refractivity contribution in [2.24, 2.45) is 13.0 Å². The lowest BCUT2D eigenvalue weighted by molar-refractivity contribution is -0.148. The minimum atomic E-state index is -0.945. The first kappa shape index (κ1) is 19.5. The minimum absolute atomic E-state index is 0.0550. The number of aryl methyl sites for hydroxylation is 1. The van der Waals surface area contributed by atoms with Crippen molar-refractivity contribution < 1.29 is 14.6 Å². The summed E-state index contributed by atoms with van der Waals surface area (Å²) in [4.78, 5) is 17.0. The Bertz CT molecular complexity index is 952. The molecule has 0 spiro atoms. The molecule has 1 N–H and O–H groups in total. The minimum Gasteiger partial charge on any atom is -0.383 e. The molecule has 6 nitrogen and oxygen atoms in total. The van der Waals surface area contributed by atoms with Gasteiger partial charge in [0.25, 0.3) is 5.91 Å². The zero-order chi connectivity index (χ0) is 20.3. The van der Waals surface area contributed by atoms with E-state index in [0.717, 1.165) is 24.0 Å². The van der Waals surface area contributed by atoms with Crippen LogP contribution in [0.3, 0.4) is 0 Å². The first-order valence-electron chi connectivity index (χ1n) is 10.5. The van der Waals surface area contributed by atoms with Crippen molar-refractivity contribution in [3.8, 4) is 0 Å². The van der Waals surface area contributed by atoms with Gasteiger partial charge in [0.2, 0.25) is 0 Å². The van der Waals surface area contributed by atoms with Gasteiger partial charge in [0.15, 0.2) is 0 Å². The lowest BCUT2D eigenvalue weighted by Gasteiger charge is -2.46. The zero-order valence-corrected chi connectivity index (χ0v) is 18.6. The number of halogens is 1. The Morgan fingerprint density at radius 3 is 2.79 bits per heavy atom. The third kappa shape index (κ3) is 3.05. The van der Waals surface area contributed by atoms with Crippen LogP contribution >= 0.6 is 15.9 Å². The number of likely N-dealkylation sites (tertiary alicyclic amines) is 1. The largest absolute Gasteiger partial charge is 0.383 e. The number of hydrogen-bond donors (Lipinski definition) is 1. The summed E-state index contributed by atoms with van der Waals surface area (Å²) < 4.78 is 8.74. The molecule has 2 fully saturated rings. The van der Waals surface area contributed by atoms with Gasteiger partial charge in [0.05, 0.1) is 17.8 Å². The molecule has 3 aliphatic rings. The number of aliphatic hydroxyl groups excluding tert-OH is 1. The molecule has 2 aromatic rings. The average molecular weight is 462 g/mol. The van der Waals surface area contributed by atoms with Gasteiger partial charge in [-0.15, -0.1) is 0 Å². The first-order chi connectivity index (χ1) is 14.0. The molecule has 1 aliphatic carbocycles. The van der Waals surface area contributed by atoms with Gasteiger partial charge in [-0.1, -0.05) is 12.1 Å². The Morgan fingerprint density at radius 2 is 2.03 bits per heavy atom. The highest BCUT2D eigenvalue weighted by molar-refractivity contribution is 9.10. The molecule has 2 aliphatic heterocycles. The highest BCUT2D eigenvalue weighted by Gasteiger charge is 2.44. The van der Waals surface area contributed by atoms with E-state index >= 15 is 0 Å². The van der Waals surface area contributed by atoms with E-state index in [2.05, 4.69) is 57.7 Å². The number of ether oxygens (including phenoxy) is 1. The van der Waals surface area contributed by atoms with Crippen molar-refractivity contribution in [3.05, 3.63) is 33.9 Å². The standard InChI is InChI=1S/C22H28BrN3O3/c1-24-12-13(20(27)22(28)26-6-8-29-9-7-26)10-15-14-4-3-5-17-19(14)16(11-18(15)24)21(23)25(17)2/h3-5,13,15,18,20,27H,6-12H2,1-2H3/t13?,15-,18-,20?/m0/s1. The van der Waals surface area contributed by atoms with Crippen LogP contribution < -0.4 is 0 Å². The van der Waals surface area contributed by atoms with Crippen LogP contribution in [-0.4, -0.2) is 77.4 Å². The summed E-state index contributed by atoms with van der Waals surface area (Å²) >= 11 is 3.80. The lowest BCUT2D eigenvalue weighted by Crippen LogP contribution is -2.54. The predicted molar refractivity (Wildman–Crippen MR) is 115 cm³/mol. The number of aromatic nitrogens is 1. The normalized spacial score (nSPS) is 28.4. The van der Waals surface area contributed by atoms with Crippen molar-refractivity contribution >= 4 is 32.7 Å². The van der Waals surface area contributed by atoms with E-state index in [9.17, 15) is 9.90 Å². The SMILES string of the molecule is CN1CC(C(O)C(=O)N2CCOCC2)C[C@H]2c3cccc4c3c(c(Br)n4C)C[C@@H]21. The summed E-state index contributed by atoms with van der Waals surface area (Å²) in [5, 5.41) is 12.3. The van der Waals surface area contributed by atoms with Gasteiger partial charge >= 0.3 is 0 Å². The molecule has 4 atom stereocenters. The Balaban J connectivity index is 1.46. The van der Waals surface area contributed by atoms with Crippen LogP contribution in [0.15, 0.2) is 22.8 Å². The molecule has 0 bridgehead atoms. The summed E-state index contributed by atoms with van der Waals surface area (Å²) in [7, 11) is 4.24. The van der Waals surface area contributed by atoms with Crippen LogP contribution in [0.5, 0.6) is 0 Å². The molecular weight excluding hydrogens is 434 g/mol. The second kappa shape index (κ2) is 7.38. The number of carbonyl (C=O) groups excluding carboxylic acids is 1. The third-order valence-corrected chi connectivity index (χ3v) is 8.24. The smallest absolute Gasteiger partial charge is 0.251 e. The number of amides is 1. The zero-order valence-electron chi connectivity index (χ0n) is 17.0. The molecule has 1 amide bonds. The maximum absolute atomic E-state index is 12.9. The van der Waals surface area contributed by atoms with E-state index in [-0.39, 0.29) is 11.8 Å². The summed E-state index contributed by atoms with van der Waals surface area (Å²) in [6.07, 6.45) is 0.896. The quantitative estimate of drug-likeness (QED) is 0.743. The van der Waals surface area contributed by atoms with Crippen LogP contribution in [0.25, 0.3) is 10.9 Å². The second-order valence-electron chi connectivity index (χ2n) is 8.77. The van der Waals surface area contributed by atoms with Gasteiger partial charge in [0.1, 0.15) is 6.10 Å². The summed E-state index contributed by atoms with van der Waals surface area (Å²) in [5.41, 5.74) is 3.99. The monoisotopic (exact) mass is 461 g/mol. The van der Waals surface area contributed by atoms with Crippen molar-refractivity contribution in [2.45, 2.75) is 30.9 Å². The maximum atomic E-state index is 12.9. The number of morpholine rings is 1. The molecule has 7 heteroatoms.